The van der Waals surface area contributed by atoms with Gasteiger partial charge in [0.25, 0.3) is 0 Å². The van der Waals surface area contributed by atoms with Gasteiger partial charge in [0.1, 0.15) is 0 Å². The Balaban J connectivity index is 1.42. The van der Waals surface area contributed by atoms with Gasteiger partial charge in [-0.05, 0) is 0 Å². The SMILES string of the molecule is O=C(OC1OCC2C3CCC(C3)C12)C(I)C1N[I-]1. The summed E-state index contributed by atoms with van der Waals surface area (Å²) in [7, 11) is 0. The van der Waals surface area contributed by atoms with E-state index in [1.165, 1.54) is 19.3 Å². The number of halogens is 2. The van der Waals surface area contributed by atoms with Gasteiger partial charge in [0.15, 0.2) is 0 Å². The predicted octanol–water partition coefficient (Wildman–Crippen LogP) is -1.71. The molecule has 0 aromatic carbocycles. The molecule has 7 atom stereocenters. The Morgan fingerprint density at radius 3 is 3.00 bits per heavy atom. The van der Waals surface area contributed by atoms with E-state index in [2.05, 4.69) is 26.1 Å². The molecule has 0 aromatic rings. The van der Waals surface area contributed by atoms with E-state index in [9.17, 15) is 4.79 Å². The Hall–Kier alpha value is 0.850. The third kappa shape index (κ3) is 2.01. The molecule has 1 N–H and O–H groups in total. The minimum atomic E-state index is -0.244. The standard InChI is InChI=1S/C12H16I2NO3/c13-9(10-14-15-10)11(16)18-12-8-6-2-1-5(3-6)7(8)4-17-12/h5-10,12,15H,1-4H2/q-1. The van der Waals surface area contributed by atoms with E-state index < -0.39 is 0 Å². The van der Waals surface area contributed by atoms with E-state index in [0.29, 0.717) is 15.9 Å². The maximum absolute atomic E-state index is 12.0. The monoisotopic (exact) mass is 476 g/mol. The van der Waals surface area contributed by atoms with E-state index in [-0.39, 0.29) is 37.7 Å². The Morgan fingerprint density at radius 1 is 1.44 bits per heavy atom. The van der Waals surface area contributed by atoms with Gasteiger partial charge >= 0.3 is 132 Å². The predicted molar refractivity (Wildman–Crippen MR) is 68.4 cm³/mol. The van der Waals surface area contributed by atoms with Gasteiger partial charge in [0.2, 0.25) is 0 Å². The Morgan fingerprint density at radius 2 is 2.22 bits per heavy atom. The van der Waals surface area contributed by atoms with E-state index >= 15 is 0 Å². The number of fused-ring (bicyclic) bond motifs is 5. The van der Waals surface area contributed by atoms with E-state index in [1.54, 1.807) is 0 Å². The molecular formula is C12H16I2NO3-. The quantitative estimate of drug-likeness (QED) is 0.132. The summed E-state index contributed by atoms with van der Waals surface area (Å²) in [4.78, 5) is 12.0. The molecule has 4 nitrogen and oxygen atoms in total. The number of carbonyl (C=O) groups is 1. The number of rotatable bonds is 3. The Kier molecular flexibility index (Phi) is 3.28. The zero-order chi connectivity index (χ0) is 12.3. The fourth-order valence-electron chi connectivity index (χ4n) is 4.00. The molecule has 7 unspecified atom stereocenters. The summed E-state index contributed by atoms with van der Waals surface area (Å²) in [5.41, 5.74) is 0. The van der Waals surface area contributed by atoms with Crippen LogP contribution in [0.25, 0.3) is 0 Å². The second-order valence-corrected chi connectivity index (χ2v) is 9.66. The third-order valence-corrected chi connectivity index (χ3v) is 9.54. The van der Waals surface area contributed by atoms with Crippen LogP contribution in [0.2, 0.25) is 0 Å². The van der Waals surface area contributed by atoms with Crippen molar-refractivity contribution in [3.8, 4) is 0 Å². The Labute approximate surface area is 131 Å². The molecule has 4 rings (SSSR count). The van der Waals surface area contributed by atoms with Gasteiger partial charge in [-0.25, -0.2) is 0 Å². The molecule has 2 bridgehead atoms. The van der Waals surface area contributed by atoms with Crippen LogP contribution >= 0.6 is 22.6 Å². The first-order chi connectivity index (χ1) is 8.74. The van der Waals surface area contributed by atoms with Crippen LogP contribution in [0.15, 0.2) is 0 Å². The average Bonchev–Trinajstić information content (AvgIpc) is 2.83. The van der Waals surface area contributed by atoms with Crippen LogP contribution in [0.5, 0.6) is 0 Å². The van der Waals surface area contributed by atoms with Crippen molar-refractivity contribution < 1.29 is 35.7 Å². The first kappa shape index (κ1) is 12.6. The second kappa shape index (κ2) is 4.70. The number of ether oxygens (including phenoxy) is 2. The Bertz CT molecular complexity index is 376. The van der Waals surface area contributed by atoms with Crippen molar-refractivity contribution in [1.82, 2.24) is 3.53 Å². The van der Waals surface area contributed by atoms with Gasteiger partial charge in [-0.1, -0.05) is 0 Å². The van der Waals surface area contributed by atoms with Crippen molar-refractivity contribution in [2.45, 2.75) is 33.5 Å². The van der Waals surface area contributed by atoms with Crippen LogP contribution in [-0.2, 0) is 14.3 Å². The summed E-state index contributed by atoms with van der Waals surface area (Å²) in [6, 6.07) is 0. The van der Waals surface area contributed by atoms with E-state index in [0.717, 1.165) is 18.4 Å². The van der Waals surface area contributed by atoms with Crippen LogP contribution in [0.3, 0.4) is 0 Å². The van der Waals surface area contributed by atoms with Crippen molar-refractivity contribution in [3.05, 3.63) is 0 Å². The zero-order valence-corrected chi connectivity index (χ0v) is 14.2. The van der Waals surface area contributed by atoms with Gasteiger partial charge in [0.05, 0.1) is 0 Å². The van der Waals surface area contributed by atoms with Gasteiger partial charge in [-0.15, -0.1) is 0 Å². The molecule has 2 aliphatic carbocycles. The second-order valence-electron chi connectivity index (χ2n) is 5.73. The van der Waals surface area contributed by atoms with E-state index in [1.807, 2.05) is 0 Å². The number of alkyl halides is 2. The molecule has 2 aliphatic heterocycles. The molecule has 0 radical (unpaired) electrons. The summed E-state index contributed by atoms with van der Waals surface area (Å²) in [6.07, 6.45) is 3.77. The van der Waals surface area contributed by atoms with Crippen LogP contribution in [0.1, 0.15) is 19.3 Å². The van der Waals surface area contributed by atoms with Crippen molar-refractivity contribution >= 4 is 28.6 Å². The molecule has 4 aliphatic rings. The number of carbonyl (C=O) groups excluding carboxylic acids is 1. The van der Waals surface area contributed by atoms with E-state index in [4.69, 9.17) is 9.47 Å². The maximum atomic E-state index is 12.0. The topological polar surface area (TPSA) is 57.5 Å². The fourth-order valence-corrected chi connectivity index (χ4v) is 7.10. The summed E-state index contributed by atoms with van der Waals surface area (Å²) >= 11 is 2.27. The molecule has 2 saturated heterocycles. The first-order valence-corrected chi connectivity index (χ1v) is 10.1. The molecule has 4 fully saturated rings. The summed E-state index contributed by atoms with van der Waals surface area (Å²) < 4.78 is 15.1. The van der Waals surface area contributed by atoms with Gasteiger partial charge in [0, 0.05) is 0 Å². The molecule has 2 heterocycles. The van der Waals surface area contributed by atoms with Crippen LogP contribution in [0, 0.1) is 23.7 Å². The van der Waals surface area contributed by atoms with Crippen molar-refractivity contribution in [2.75, 3.05) is 6.61 Å². The number of esters is 1. The van der Waals surface area contributed by atoms with Crippen LogP contribution < -0.4 is 25.0 Å². The molecule has 0 aromatic heterocycles. The van der Waals surface area contributed by atoms with Gasteiger partial charge < -0.3 is 0 Å². The number of nitrogens with one attached hydrogen (secondary N) is 1. The van der Waals surface area contributed by atoms with Crippen LogP contribution in [-0.4, -0.2) is 26.8 Å². The summed E-state index contributed by atoms with van der Waals surface area (Å²) in [6.45, 7) is 0.810. The molecule has 102 valence electrons. The molecule has 0 spiro atoms. The summed E-state index contributed by atoms with van der Waals surface area (Å²) in [5.74, 6) is 2.69. The third-order valence-electron chi connectivity index (χ3n) is 4.87. The summed E-state index contributed by atoms with van der Waals surface area (Å²) in [5, 5.41) is 0. The molecule has 6 heteroatoms. The first-order valence-electron chi connectivity index (χ1n) is 6.58. The fraction of sp³-hybridized carbons (Fsp3) is 0.917. The van der Waals surface area contributed by atoms with Crippen molar-refractivity contribution in [3.63, 3.8) is 0 Å². The molecular weight excluding hydrogens is 460 g/mol. The number of hydrogen-bond acceptors (Lipinski definition) is 4. The van der Waals surface area contributed by atoms with Gasteiger partial charge in [-0.2, -0.15) is 0 Å². The molecule has 2 saturated carbocycles. The minimum absolute atomic E-state index is 0.0170. The normalized spacial score (nSPS) is 50.5. The van der Waals surface area contributed by atoms with Gasteiger partial charge in [-0.3, -0.25) is 0 Å². The van der Waals surface area contributed by atoms with Crippen molar-refractivity contribution in [1.29, 1.82) is 0 Å². The number of hydrogen-bond donors (Lipinski definition) is 1. The average molecular weight is 476 g/mol. The van der Waals surface area contributed by atoms with Crippen LogP contribution in [0.4, 0.5) is 0 Å². The molecule has 18 heavy (non-hydrogen) atoms. The molecule has 0 amide bonds. The zero-order valence-electron chi connectivity index (χ0n) is 9.85. The van der Waals surface area contributed by atoms with Crippen molar-refractivity contribution in [2.24, 2.45) is 23.7 Å².